The highest BCUT2D eigenvalue weighted by Gasteiger charge is 2.24. The normalized spacial score (nSPS) is 17.3. The van der Waals surface area contributed by atoms with Crippen molar-refractivity contribution in [3.05, 3.63) is 69.7 Å². The highest BCUT2D eigenvalue weighted by atomic mass is 79.9. The van der Waals surface area contributed by atoms with Crippen molar-refractivity contribution < 1.29 is 4.79 Å². The van der Waals surface area contributed by atoms with Crippen LogP contribution in [0.5, 0.6) is 0 Å². The molecule has 0 fully saturated rings. The quantitative estimate of drug-likeness (QED) is 0.851. The van der Waals surface area contributed by atoms with Crippen molar-refractivity contribution in [2.45, 2.75) is 31.8 Å². The predicted molar refractivity (Wildman–Crippen MR) is 101 cm³/mol. The molecule has 0 saturated heterocycles. The Morgan fingerprint density at radius 3 is 2.79 bits per heavy atom. The Morgan fingerprint density at radius 2 is 2.00 bits per heavy atom. The summed E-state index contributed by atoms with van der Waals surface area (Å²) in [5.74, 6) is 0.130. The van der Waals surface area contributed by atoms with Gasteiger partial charge in [-0.3, -0.25) is 9.69 Å². The Bertz CT molecular complexity index is 702. The minimum Gasteiger partial charge on any atom is -0.355 e. The van der Waals surface area contributed by atoms with E-state index >= 15 is 0 Å². The summed E-state index contributed by atoms with van der Waals surface area (Å²) in [7, 11) is 2.13. The van der Waals surface area contributed by atoms with E-state index in [0.717, 1.165) is 19.4 Å². The average molecular weight is 387 g/mol. The number of carbonyl (C=O) groups is 1. The molecule has 0 aliphatic carbocycles. The van der Waals surface area contributed by atoms with Crippen molar-refractivity contribution in [3.63, 3.8) is 0 Å². The third-order valence-electron chi connectivity index (χ3n) is 4.72. The molecule has 1 aliphatic rings. The Labute approximate surface area is 152 Å². The molecule has 1 aliphatic heterocycles. The molecule has 1 amide bonds. The second-order valence-electron chi connectivity index (χ2n) is 6.44. The van der Waals surface area contributed by atoms with Gasteiger partial charge in [-0.25, -0.2) is 0 Å². The molecule has 0 saturated carbocycles. The van der Waals surface area contributed by atoms with Crippen molar-refractivity contribution >= 4 is 21.8 Å². The van der Waals surface area contributed by atoms with Gasteiger partial charge < -0.3 is 5.32 Å². The maximum Gasteiger partial charge on any atom is 0.220 e. The van der Waals surface area contributed by atoms with Crippen molar-refractivity contribution in [2.24, 2.45) is 0 Å². The third-order valence-corrected chi connectivity index (χ3v) is 5.46. The summed E-state index contributed by atoms with van der Waals surface area (Å²) >= 11 is 3.65. The van der Waals surface area contributed by atoms with E-state index < -0.39 is 0 Å². The summed E-state index contributed by atoms with van der Waals surface area (Å²) in [4.78, 5) is 14.5. The van der Waals surface area contributed by atoms with Gasteiger partial charge in [0.2, 0.25) is 5.91 Å². The van der Waals surface area contributed by atoms with Gasteiger partial charge in [-0.05, 0) is 42.6 Å². The number of nitrogens with one attached hydrogen (secondary N) is 1. The molecule has 3 nitrogen and oxygen atoms in total. The lowest BCUT2D eigenvalue weighted by Gasteiger charge is -2.34. The van der Waals surface area contributed by atoms with Crippen LogP contribution in [0.4, 0.5) is 0 Å². The maximum absolute atomic E-state index is 12.1. The molecule has 126 valence electrons. The lowest BCUT2D eigenvalue weighted by molar-refractivity contribution is -0.121. The molecule has 0 radical (unpaired) electrons. The molecule has 0 bridgehead atoms. The van der Waals surface area contributed by atoms with E-state index in [4.69, 9.17) is 0 Å². The number of halogens is 1. The molecule has 24 heavy (non-hydrogen) atoms. The third kappa shape index (κ3) is 4.25. The molecule has 1 heterocycles. The van der Waals surface area contributed by atoms with Crippen LogP contribution in [-0.2, 0) is 24.2 Å². The number of amides is 1. The predicted octanol–water partition coefficient (Wildman–Crippen LogP) is 3.55. The Balaban J connectivity index is 1.51. The van der Waals surface area contributed by atoms with Gasteiger partial charge in [-0.1, -0.05) is 58.4 Å². The van der Waals surface area contributed by atoms with Crippen LogP contribution in [-0.4, -0.2) is 30.4 Å². The average Bonchev–Trinajstić information content (AvgIpc) is 2.59. The van der Waals surface area contributed by atoms with Crippen LogP contribution in [0.15, 0.2) is 53.0 Å². The fourth-order valence-electron chi connectivity index (χ4n) is 3.22. The standard InChI is InChI=1S/C20H23BrN2O/c1-23-14-16-8-5-9-19(21)18(16)12-17(23)13-22-20(24)11-10-15-6-3-2-4-7-15/h2-9,17H,10-14H2,1H3,(H,22,24)/t17-/m1/s1. The number of rotatable bonds is 5. The Hall–Kier alpha value is -1.65. The largest absolute Gasteiger partial charge is 0.355 e. The highest BCUT2D eigenvalue weighted by Crippen LogP contribution is 2.28. The monoisotopic (exact) mass is 386 g/mol. The Morgan fingerprint density at radius 1 is 1.21 bits per heavy atom. The number of fused-ring (bicyclic) bond motifs is 1. The number of carbonyl (C=O) groups excluding carboxylic acids is 1. The number of benzene rings is 2. The van der Waals surface area contributed by atoms with E-state index in [9.17, 15) is 4.79 Å². The van der Waals surface area contributed by atoms with Crippen molar-refractivity contribution in [1.82, 2.24) is 10.2 Å². The van der Waals surface area contributed by atoms with Crippen molar-refractivity contribution in [1.29, 1.82) is 0 Å². The first-order valence-electron chi connectivity index (χ1n) is 8.40. The smallest absolute Gasteiger partial charge is 0.220 e. The summed E-state index contributed by atoms with van der Waals surface area (Å²) in [5, 5.41) is 3.11. The van der Waals surface area contributed by atoms with Crippen LogP contribution in [0.2, 0.25) is 0 Å². The summed E-state index contributed by atoms with van der Waals surface area (Å²) in [6.07, 6.45) is 2.30. The van der Waals surface area contributed by atoms with Crippen molar-refractivity contribution in [2.75, 3.05) is 13.6 Å². The van der Waals surface area contributed by atoms with Gasteiger partial charge in [-0.2, -0.15) is 0 Å². The van der Waals surface area contributed by atoms with Gasteiger partial charge in [0, 0.05) is 30.0 Å². The molecule has 2 aromatic rings. The number of aryl methyl sites for hydroxylation is 1. The second-order valence-corrected chi connectivity index (χ2v) is 7.29. The first-order chi connectivity index (χ1) is 11.6. The fraction of sp³-hybridized carbons (Fsp3) is 0.350. The summed E-state index contributed by atoms with van der Waals surface area (Å²) in [5.41, 5.74) is 3.96. The minimum absolute atomic E-state index is 0.130. The summed E-state index contributed by atoms with van der Waals surface area (Å²) < 4.78 is 1.17. The lowest BCUT2D eigenvalue weighted by atomic mass is 9.94. The fourth-order valence-corrected chi connectivity index (χ4v) is 3.79. The zero-order valence-electron chi connectivity index (χ0n) is 14.0. The molecule has 4 heteroatoms. The molecule has 3 rings (SSSR count). The molecular weight excluding hydrogens is 364 g/mol. The highest BCUT2D eigenvalue weighted by molar-refractivity contribution is 9.10. The Kier molecular flexibility index (Phi) is 5.69. The van der Waals surface area contributed by atoms with Gasteiger partial charge in [0.25, 0.3) is 0 Å². The SMILES string of the molecule is CN1Cc2cccc(Br)c2C[C@@H]1CNC(=O)CCc1ccccc1. The summed E-state index contributed by atoms with van der Waals surface area (Å²) in [6, 6.07) is 16.9. The molecule has 0 unspecified atom stereocenters. The lowest BCUT2D eigenvalue weighted by Crippen LogP contribution is -2.45. The van der Waals surface area contributed by atoms with E-state index in [0.29, 0.717) is 19.0 Å². The first kappa shape index (κ1) is 17.2. The van der Waals surface area contributed by atoms with Crippen LogP contribution in [0.25, 0.3) is 0 Å². The van der Waals surface area contributed by atoms with Gasteiger partial charge in [-0.15, -0.1) is 0 Å². The number of hydrogen-bond donors (Lipinski definition) is 1. The van der Waals surface area contributed by atoms with E-state index in [1.54, 1.807) is 0 Å². The van der Waals surface area contributed by atoms with Gasteiger partial charge in [0.1, 0.15) is 0 Å². The zero-order valence-corrected chi connectivity index (χ0v) is 15.6. The second kappa shape index (κ2) is 7.95. The van der Waals surface area contributed by atoms with E-state index in [2.05, 4.69) is 63.5 Å². The molecular formula is C20H23BrN2O. The zero-order chi connectivity index (χ0) is 16.9. The van der Waals surface area contributed by atoms with Gasteiger partial charge in [0.15, 0.2) is 0 Å². The topological polar surface area (TPSA) is 32.3 Å². The van der Waals surface area contributed by atoms with Crippen LogP contribution < -0.4 is 5.32 Å². The van der Waals surface area contributed by atoms with Crippen LogP contribution in [0, 0.1) is 0 Å². The van der Waals surface area contributed by atoms with E-state index in [-0.39, 0.29) is 5.91 Å². The minimum atomic E-state index is 0.130. The van der Waals surface area contributed by atoms with Gasteiger partial charge >= 0.3 is 0 Å². The number of nitrogens with zero attached hydrogens (tertiary/aromatic N) is 1. The van der Waals surface area contributed by atoms with Crippen LogP contribution in [0.1, 0.15) is 23.1 Å². The molecule has 0 aromatic heterocycles. The molecule has 1 N–H and O–H groups in total. The van der Waals surface area contributed by atoms with E-state index in [1.807, 2.05) is 18.2 Å². The number of hydrogen-bond acceptors (Lipinski definition) is 2. The van der Waals surface area contributed by atoms with Crippen LogP contribution >= 0.6 is 15.9 Å². The number of likely N-dealkylation sites (N-methyl/N-ethyl adjacent to an activating group) is 1. The maximum atomic E-state index is 12.1. The van der Waals surface area contributed by atoms with Crippen molar-refractivity contribution in [3.8, 4) is 0 Å². The van der Waals surface area contributed by atoms with Crippen LogP contribution in [0.3, 0.4) is 0 Å². The van der Waals surface area contributed by atoms with E-state index in [1.165, 1.54) is 21.2 Å². The molecule has 0 spiro atoms. The first-order valence-corrected chi connectivity index (χ1v) is 9.20. The molecule has 2 aromatic carbocycles. The summed E-state index contributed by atoms with van der Waals surface area (Å²) in [6.45, 7) is 1.63. The van der Waals surface area contributed by atoms with Gasteiger partial charge in [0.05, 0.1) is 0 Å². The molecule has 1 atom stereocenters.